The van der Waals surface area contributed by atoms with Crippen LogP contribution in [0.5, 0.6) is 0 Å². The molecule has 2 N–H and O–H groups in total. The summed E-state index contributed by atoms with van der Waals surface area (Å²) in [5.74, 6) is 0.759. The number of benzene rings is 1. The Morgan fingerprint density at radius 3 is 2.73 bits per heavy atom. The van der Waals surface area contributed by atoms with Crippen LogP contribution in [-0.4, -0.2) is 19.9 Å². The summed E-state index contributed by atoms with van der Waals surface area (Å²) in [6, 6.07) is 15.8. The minimum Gasteiger partial charge on any atom is -0.345 e. The predicted molar refractivity (Wildman–Crippen MR) is 86.8 cm³/mol. The number of rotatable bonds is 3. The minimum absolute atomic E-state index is 0.759. The number of aromatic amines is 1. The Hall–Kier alpha value is -3.21. The van der Waals surface area contributed by atoms with Gasteiger partial charge in [-0.1, -0.05) is 18.2 Å². The quantitative estimate of drug-likeness (QED) is 0.602. The molecule has 0 aliphatic heterocycles. The van der Waals surface area contributed by atoms with Gasteiger partial charge in [-0.25, -0.2) is 15.0 Å². The third kappa shape index (κ3) is 2.29. The zero-order valence-corrected chi connectivity index (χ0v) is 11.7. The van der Waals surface area contributed by atoms with Crippen LogP contribution < -0.4 is 5.32 Å². The highest BCUT2D eigenvalue weighted by Crippen LogP contribution is 2.27. The second-order valence-electron chi connectivity index (χ2n) is 4.88. The van der Waals surface area contributed by atoms with Crippen molar-refractivity contribution in [1.29, 1.82) is 0 Å². The number of nitrogens with zero attached hydrogens (tertiary/aromatic N) is 3. The first-order valence-electron chi connectivity index (χ1n) is 6.97. The lowest BCUT2D eigenvalue weighted by molar-refractivity contribution is 1.17. The van der Waals surface area contributed by atoms with Crippen LogP contribution in [0.15, 0.2) is 67.3 Å². The van der Waals surface area contributed by atoms with Gasteiger partial charge < -0.3 is 10.3 Å². The summed E-state index contributed by atoms with van der Waals surface area (Å²) < 4.78 is 0. The van der Waals surface area contributed by atoms with Crippen molar-refractivity contribution >= 4 is 22.5 Å². The van der Waals surface area contributed by atoms with Crippen LogP contribution >= 0.6 is 0 Å². The molecule has 0 saturated carbocycles. The molecule has 3 aromatic heterocycles. The molecule has 0 fully saturated rings. The standard InChI is InChI=1S/C17H13N5/c1-2-5-12(6-3-1)22-16-9-15(20-11-21-16)14-10-19-17-13(14)7-4-8-18-17/h1-11H,(H,18,19)(H,20,21,22). The van der Waals surface area contributed by atoms with Crippen molar-refractivity contribution in [2.24, 2.45) is 0 Å². The first-order valence-corrected chi connectivity index (χ1v) is 6.97. The van der Waals surface area contributed by atoms with E-state index in [1.54, 1.807) is 12.5 Å². The van der Waals surface area contributed by atoms with Crippen LogP contribution in [0.2, 0.25) is 0 Å². The molecule has 0 radical (unpaired) electrons. The number of fused-ring (bicyclic) bond motifs is 1. The molecule has 4 rings (SSSR count). The Bertz CT molecular complexity index is 914. The van der Waals surface area contributed by atoms with Crippen LogP contribution in [-0.2, 0) is 0 Å². The molecule has 22 heavy (non-hydrogen) atoms. The Labute approximate surface area is 127 Å². The van der Waals surface area contributed by atoms with E-state index >= 15 is 0 Å². The molecule has 0 spiro atoms. The number of hydrogen-bond acceptors (Lipinski definition) is 4. The van der Waals surface area contributed by atoms with Gasteiger partial charge in [-0.3, -0.25) is 0 Å². The third-order valence-electron chi connectivity index (χ3n) is 3.44. The van der Waals surface area contributed by atoms with Gasteiger partial charge in [0.2, 0.25) is 0 Å². The van der Waals surface area contributed by atoms with Crippen LogP contribution in [0.4, 0.5) is 11.5 Å². The summed E-state index contributed by atoms with van der Waals surface area (Å²) in [4.78, 5) is 16.1. The van der Waals surface area contributed by atoms with Crippen molar-refractivity contribution in [1.82, 2.24) is 19.9 Å². The third-order valence-corrected chi connectivity index (χ3v) is 3.44. The number of nitrogens with one attached hydrogen (secondary N) is 2. The van der Waals surface area contributed by atoms with E-state index in [1.165, 1.54) is 0 Å². The zero-order valence-electron chi connectivity index (χ0n) is 11.7. The largest absolute Gasteiger partial charge is 0.345 e. The maximum absolute atomic E-state index is 4.37. The number of anilines is 2. The fourth-order valence-corrected chi connectivity index (χ4v) is 2.41. The van der Waals surface area contributed by atoms with E-state index in [4.69, 9.17) is 0 Å². The number of hydrogen-bond donors (Lipinski definition) is 2. The van der Waals surface area contributed by atoms with Crippen LogP contribution in [0.1, 0.15) is 0 Å². The molecule has 3 heterocycles. The van der Waals surface area contributed by atoms with E-state index < -0.39 is 0 Å². The first kappa shape index (κ1) is 12.5. The van der Waals surface area contributed by atoms with Crippen LogP contribution in [0.25, 0.3) is 22.3 Å². The normalized spacial score (nSPS) is 10.7. The molecule has 0 aliphatic carbocycles. The number of aromatic nitrogens is 4. The van der Waals surface area contributed by atoms with Crippen molar-refractivity contribution < 1.29 is 0 Å². The lowest BCUT2D eigenvalue weighted by Gasteiger charge is -2.06. The van der Waals surface area contributed by atoms with Gasteiger partial charge in [-0.15, -0.1) is 0 Å². The summed E-state index contributed by atoms with van der Waals surface area (Å²) in [6.07, 6.45) is 5.26. The molecule has 4 aromatic rings. The lowest BCUT2D eigenvalue weighted by atomic mass is 10.1. The van der Waals surface area contributed by atoms with E-state index in [1.807, 2.05) is 54.7 Å². The van der Waals surface area contributed by atoms with Gasteiger partial charge >= 0.3 is 0 Å². The van der Waals surface area contributed by atoms with E-state index in [2.05, 4.69) is 25.3 Å². The molecular weight excluding hydrogens is 274 g/mol. The highest BCUT2D eigenvalue weighted by atomic mass is 15.0. The average molecular weight is 287 g/mol. The summed E-state index contributed by atoms with van der Waals surface area (Å²) in [5, 5.41) is 4.33. The van der Waals surface area contributed by atoms with E-state index in [9.17, 15) is 0 Å². The van der Waals surface area contributed by atoms with Crippen molar-refractivity contribution in [3.63, 3.8) is 0 Å². The smallest absolute Gasteiger partial charge is 0.137 e. The predicted octanol–water partition coefficient (Wildman–Crippen LogP) is 3.76. The van der Waals surface area contributed by atoms with Crippen molar-refractivity contribution in [3.8, 4) is 11.3 Å². The van der Waals surface area contributed by atoms with Gasteiger partial charge in [-0.2, -0.15) is 0 Å². The Morgan fingerprint density at radius 1 is 0.909 bits per heavy atom. The number of pyridine rings is 1. The molecule has 106 valence electrons. The van der Waals surface area contributed by atoms with Gasteiger partial charge in [0, 0.05) is 35.1 Å². The summed E-state index contributed by atoms with van der Waals surface area (Å²) in [7, 11) is 0. The fraction of sp³-hybridized carbons (Fsp3) is 0. The van der Waals surface area contributed by atoms with E-state index in [0.29, 0.717) is 0 Å². The Morgan fingerprint density at radius 2 is 1.82 bits per heavy atom. The molecule has 0 bridgehead atoms. The van der Waals surface area contributed by atoms with Crippen LogP contribution in [0.3, 0.4) is 0 Å². The second kappa shape index (κ2) is 5.29. The topological polar surface area (TPSA) is 66.5 Å². The lowest BCUT2D eigenvalue weighted by Crippen LogP contribution is -1.95. The fourth-order valence-electron chi connectivity index (χ4n) is 2.41. The molecule has 0 saturated heterocycles. The van der Waals surface area contributed by atoms with Gasteiger partial charge in [-0.05, 0) is 24.3 Å². The molecule has 5 heteroatoms. The highest BCUT2D eigenvalue weighted by molar-refractivity contribution is 5.92. The maximum Gasteiger partial charge on any atom is 0.137 e. The number of para-hydroxylation sites is 1. The molecule has 5 nitrogen and oxygen atoms in total. The van der Waals surface area contributed by atoms with Gasteiger partial charge in [0.05, 0.1) is 5.69 Å². The number of H-pyrrole nitrogens is 1. The molecule has 0 amide bonds. The van der Waals surface area contributed by atoms with Gasteiger partial charge in [0.25, 0.3) is 0 Å². The summed E-state index contributed by atoms with van der Waals surface area (Å²) in [6.45, 7) is 0. The van der Waals surface area contributed by atoms with Gasteiger partial charge in [0.1, 0.15) is 17.8 Å². The Kier molecular flexibility index (Phi) is 3.01. The van der Waals surface area contributed by atoms with Crippen LogP contribution in [0, 0.1) is 0 Å². The maximum atomic E-state index is 4.37. The molecule has 0 aliphatic rings. The van der Waals surface area contributed by atoms with Crippen molar-refractivity contribution in [2.75, 3.05) is 5.32 Å². The molecule has 1 aromatic carbocycles. The van der Waals surface area contributed by atoms with Crippen molar-refractivity contribution in [2.45, 2.75) is 0 Å². The summed E-state index contributed by atoms with van der Waals surface area (Å²) >= 11 is 0. The van der Waals surface area contributed by atoms with Gasteiger partial charge in [0.15, 0.2) is 0 Å². The van der Waals surface area contributed by atoms with E-state index in [0.717, 1.165) is 33.8 Å². The average Bonchev–Trinajstić information content (AvgIpc) is 3.00. The van der Waals surface area contributed by atoms with Crippen molar-refractivity contribution in [3.05, 3.63) is 67.3 Å². The first-order chi connectivity index (χ1) is 10.9. The second-order valence-corrected chi connectivity index (χ2v) is 4.88. The monoisotopic (exact) mass is 287 g/mol. The minimum atomic E-state index is 0.759. The van der Waals surface area contributed by atoms with E-state index in [-0.39, 0.29) is 0 Å². The summed E-state index contributed by atoms with van der Waals surface area (Å²) in [5.41, 5.74) is 3.72. The molecule has 0 atom stereocenters. The SMILES string of the molecule is c1ccc(Nc2cc(-c3c[nH]c4ncccc34)ncn2)cc1. The molecular formula is C17H13N5. The zero-order chi connectivity index (χ0) is 14.8. The highest BCUT2D eigenvalue weighted by Gasteiger charge is 2.08. The molecule has 0 unspecified atom stereocenters. The Balaban J connectivity index is 1.73.